The third kappa shape index (κ3) is 2.28. The molecule has 2 rings (SSSR count). The Labute approximate surface area is 95.0 Å². The number of hydrazine groups is 1. The number of hydrogen-bond donors (Lipinski definition) is 2. The van der Waals surface area contributed by atoms with Crippen LogP contribution in [0.1, 0.15) is 0 Å². The minimum absolute atomic E-state index is 0.174. The average molecular weight is 240 g/mol. The molecule has 0 aliphatic heterocycles. The van der Waals surface area contributed by atoms with E-state index in [1.807, 2.05) is 0 Å². The van der Waals surface area contributed by atoms with Gasteiger partial charge >= 0.3 is 0 Å². The van der Waals surface area contributed by atoms with Crippen molar-refractivity contribution in [3.63, 3.8) is 0 Å². The molecule has 6 nitrogen and oxygen atoms in total. The number of anilines is 1. The lowest BCUT2D eigenvalue weighted by atomic mass is 10.6. The molecule has 8 heteroatoms. The van der Waals surface area contributed by atoms with E-state index in [0.717, 1.165) is 22.9 Å². The highest BCUT2D eigenvalue weighted by molar-refractivity contribution is 7.99. The number of nitrogens with one attached hydrogen (secondary N) is 1. The number of halogens is 1. The number of nitrogens with zero attached hydrogens (tertiary/aromatic N) is 4. The largest absolute Gasteiger partial charge is 0.292 e. The van der Waals surface area contributed by atoms with Gasteiger partial charge in [0.05, 0.1) is 17.3 Å². The SMILES string of the molecule is Cn1cc(Sc2nc(NN)ncc2F)cn1. The van der Waals surface area contributed by atoms with Gasteiger partial charge < -0.3 is 0 Å². The maximum Gasteiger partial charge on any atom is 0.238 e. The van der Waals surface area contributed by atoms with Gasteiger partial charge in [0.25, 0.3) is 0 Å². The van der Waals surface area contributed by atoms with E-state index in [1.54, 1.807) is 24.1 Å². The van der Waals surface area contributed by atoms with Crippen molar-refractivity contribution >= 4 is 17.7 Å². The molecule has 0 aliphatic rings. The van der Waals surface area contributed by atoms with Crippen LogP contribution in [0, 0.1) is 5.82 Å². The summed E-state index contributed by atoms with van der Waals surface area (Å²) in [6.07, 6.45) is 4.46. The van der Waals surface area contributed by atoms with Crippen LogP contribution in [-0.2, 0) is 7.05 Å². The Morgan fingerprint density at radius 2 is 2.31 bits per heavy atom. The van der Waals surface area contributed by atoms with Crippen molar-refractivity contribution < 1.29 is 4.39 Å². The Hall–Kier alpha value is -1.67. The predicted octanol–water partition coefficient (Wildman–Crippen LogP) is 0.786. The molecule has 0 aromatic carbocycles. The molecule has 0 fully saturated rings. The second-order valence-electron chi connectivity index (χ2n) is 2.94. The molecule has 3 N–H and O–H groups in total. The highest BCUT2D eigenvalue weighted by Crippen LogP contribution is 2.27. The molecule has 0 saturated carbocycles. The average Bonchev–Trinajstić information content (AvgIpc) is 2.67. The van der Waals surface area contributed by atoms with Crippen LogP contribution in [0.15, 0.2) is 28.5 Å². The smallest absolute Gasteiger partial charge is 0.238 e. The Kier molecular flexibility index (Phi) is 3.02. The predicted molar refractivity (Wildman–Crippen MR) is 57.1 cm³/mol. The minimum Gasteiger partial charge on any atom is -0.292 e. The zero-order chi connectivity index (χ0) is 11.5. The number of nitrogen functional groups attached to an aromatic ring is 1. The summed E-state index contributed by atoms with van der Waals surface area (Å²) in [6.45, 7) is 0. The van der Waals surface area contributed by atoms with Crippen molar-refractivity contribution in [3.8, 4) is 0 Å². The van der Waals surface area contributed by atoms with Gasteiger partial charge in [-0.15, -0.1) is 0 Å². The summed E-state index contributed by atoms with van der Waals surface area (Å²) in [6, 6.07) is 0. The van der Waals surface area contributed by atoms with Gasteiger partial charge in [0.1, 0.15) is 5.03 Å². The molecule has 84 valence electrons. The number of aromatic nitrogens is 4. The van der Waals surface area contributed by atoms with E-state index in [2.05, 4.69) is 20.5 Å². The Bertz CT molecular complexity index is 499. The van der Waals surface area contributed by atoms with Gasteiger partial charge in [-0.3, -0.25) is 10.1 Å². The highest BCUT2D eigenvalue weighted by atomic mass is 32.2. The molecule has 0 bridgehead atoms. The quantitative estimate of drug-likeness (QED) is 0.469. The normalized spacial score (nSPS) is 10.4. The second kappa shape index (κ2) is 4.45. The molecule has 2 heterocycles. The molecular formula is C8H9FN6S. The number of hydrogen-bond acceptors (Lipinski definition) is 6. The monoisotopic (exact) mass is 240 g/mol. The fourth-order valence-electron chi connectivity index (χ4n) is 1.06. The lowest BCUT2D eigenvalue weighted by Crippen LogP contribution is -2.11. The molecule has 2 aromatic heterocycles. The summed E-state index contributed by atoms with van der Waals surface area (Å²) in [5, 5.41) is 4.18. The topological polar surface area (TPSA) is 81.7 Å². The van der Waals surface area contributed by atoms with Crippen LogP contribution in [0.4, 0.5) is 10.3 Å². The summed E-state index contributed by atoms with van der Waals surface area (Å²) in [4.78, 5) is 8.34. The molecule has 2 aromatic rings. The van der Waals surface area contributed by atoms with E-state index in [-0.39, 0.29) is 11.0 Å². The van der Waals surface area contributed by atoms with Crippen LogP contribution >= 0.6 is 11.8 Å². The van der Waals surface area contributed by atoms with Gasteiger partial charge in [-0.05, 0) is 0 Å². The van der Waals surface area contributed by atoms with Gasteiger partial charge in [0.2, 0.25) is 5.95 Å². The zero-order valence-corrected chi connectivity index (χ0v) is 9.20. The Morgan fingerprint density at radius 1 is 1.50 bits per heavy atom. The first-order valence-corrected chi connectivity index (χ1v) is 5.16. The van der Waals surface area contributed by atoms with Crippen molar-refractivity contribution in [3.05, 3.63) is 24.4 Å². The van der Waals surface area contributed by atoms with E-state index in [1.165, 1.54) is 0 Å². The summed E-state index contributed by atoms with van der Waals surface area (Å²) in [5.74, 6) is 4.82. The first-order chi connectivity index (χ1) is 7.69. The van der Waals surface area contributed by atoms with Crippen molar-refractivity contribution in [2.45, 2.75) is 9.92 Å². The number of aryl methyl sites for hydroxylation is 1. The number of rotatable bonds is 3. The van der Waals surface area contributed by atoms with Crippen molar-refractivity contribution in [2.24, 2.45) is 12.9 Å². The summed E-state index contributed by atoms with van der Waals surface area (Å²) in [7, 11) is 1.78. The molecule has 0 unspecified atom stereocenters. The lowest BCUT2D eigenvalue weighted by Gasteiger charge is -2.02. The van der Waals surface area contributed by atoms with Gasteiger partial charge in [-0.2, -0.15) is 5.10 Å². The third-order valence-corrected chi connectivity index (χ3v) is 2.66. The first kappa shape index (κ1) is 10.8. The maximum atomic E-state index is 13.4. The molecule has 0 aliphatic carbocycles. The van der Waals surface area contributed by atoms with E-state index < -0.39 is 5.82 Å². The van der Waals surface area contributed by atoms with Gasteiger partial charge in [-0.25, -0.2) is 20.2 Å². The molecule has 0 radical (unpaired) electrons. The lowest BCUT2D eigenvalue weighted by molar-refractivity contribution is 0.580. The first-order valence-electron chi connectivity index (χ1n) is 4.34. The molecule has 16 heavy (non-hydrogen) atoms. The van der Waals surface area contributed by atoms with Crippen LogP contribution in [0.5, 0.6) is 0 Å². The molecule has 0 spiro atoms. The van der Waals surface area contributed by atoms with Gasteiger partial charge in [0, 0.05) is 13.2 Å². The summed E-state index contributed by atoms with van der Waals surface area (Å²) in [5.41, 5.74) is 2.26. The summed E-state index contributed by atoms with van der Waals surface area (Å²) >= 11 is 1.16. The van der Waals surface area contributed by atoms with Crippen molar-refractivity contribution in [2.75, 3.05) is 5.43 Å². The molecule has 0 atom stereocenters. The minimum atomic E-state index is -0.493. The second-order valence-corrected chi connectivity index (χ2v) is 4.01. The zero-order valence-electron chi connectivity index (χ0n) is 8.38. The van der Waals surface area contributed by atoms with E-state index in [4.69, 9.17) is 5.84 Å². The van der Waals surface area contributed by atoms with Crippen LogP contribution in [0.2, 0.25) is 0 Å². The maximum absolute atomic E-state index is 13.4. The van der Waals surface area contributed by atoms with Gasteiger partial charge in [-0.1, -0.05) is 11.8 Å². The molecular weight excluding hydrogens is 231 g/mol. The summed E-state index contributed by atoms with van der Waals surface area (Å²) < 4.78 is 15.0. The fraction of sp³-hybridized carbons (Fsp3) is 0.125. The Morgan fingerprint density at radius 3 is 2.94 bits per heavy atom. The van der Waals surface area contributed by atoms with E-state index in [9.17, 15) is 4.39 Å². The molecule has 0 saturated heterocycles. The van der Waals surface area contributed by atoms with Crippen molar-refractivity contribution in [1.82, 2.24) is 19.7 Å². The van der Waals surface area contributed by atoms with E-state index >= 15 is 0 Å². The van der Waals surface area contributed by atoms with Gasteiger partial charge in [0.15, 0.2) is 5.82 Å². The van der Waals surface area contributed by atoms with Crippen LogP contribution in [-0.4, -0.2) is 19.7 Å². The highest BCUT2D eigenvalue weighted by Gasteiger charge is 2.09. The van der Waals surface area contributed by atoms with Crippen LogP contribution in [0.3, 0.4) is 0 Å². The Balaban J connectivity index is 2.26. The third-order valence-electron chi connectivity index (χ3n) is 1.74. The fourth-order valence-corrected chi connectivity index (χ4v) is 1.87. The van der Waals surface area contributed by atoms with Crippen LogP contribution < -0.4 is 11.3 Å². The standard InChI is InChI=1S/C8H9FN6S/c1-15-4-5(2-12-15)16-7-6(9)3-11-8(13-7)14-10/h2-4H,10H2,1H3,(H,11,13,14). The van der Waals surface area contributed by atoms with Crippen LogP contribution in [0.25, 0.3) is 0 Å². The number of nitrogens with two attached hydrogens (primary N) is 1. The van der Waals surface area contributed by atoms with Crippen molar-refractivity contribution in [1.29, 1.82) is 0 Å². The van der Waals surface area contributed by atoms with E-state index in [0.29, 0.717) is 0 Å². The molecule has 0 amide bonds.